The highest BCUT2D eigenvalue weighted by Crippen LogP contribution is 2.27. The van der Waals surface area contributed by atoms with Gasteiger partial charge in [-0.15, -0.1) is 0 Å². The number of halogens is 1. The van der Waals surface area contributed by atoms with Crippen LogP contribution in [0.4, 0.5) is 11.6 Å². The molecule has 1 heterocycles. The molecule has 1 aromatic heterocycles. The minimum atomic E-state index is 0.232. The van der Waals surface area contributed by atoms with E-state index in [0.29, 0.717) is 24.9 Å². The standard InChI is InChI=1S/C21H21ClN4O2/c1-26(14-15-3-7-17(22)8-4-15)18-9-5-16(6-10-18)20-25-19(13-23)21(28-20)24-11-12-27-2/h3-10,24H,11-12,14H2,1-2H3. The molecule has 0 atom stereocenters. The number of hydrogen-bond donors (Lipinski definition) is 1. The molecule has 0 bridgehead atoms. The van der Waals surface area contributed by atoms with Crippen molar-refractivity contribution >= 4 is 23.2 Å². The van der Waals surface area contributed by atoms with E-state index in [1.165, 1.54) is 5.56 Å². The molecular weight excluding hydrogens is 376 g/mol. The first-order chi connectivity index (χ1) is 13.6. The van der Waals surface area contributed by atoms with Crippen LogP contribution in [0.25, 0.3) is 11.5 Å². The van der Waals surface area contributed by atoms with Crippen LogP contribution in [0.15, 0.2) is 52.9 Å². The van der Waals surface area contributed by atoms with E-state index in [1.807, 2.05) is 61.6 Å². The highest BCUT2D eigenvalue weighted by atomic mass is 35.5. The van der Waals surface area contributed by atoms with Crippen molar-refractivity contribution in [3.8, 4) is 17.5 Å². The number of methoxy groups -OCH3 is 1. The van der Waals surface area contributed by atoms with E-state index in [0.717, 1.165) is 22.8 Å². The van der Waals surface area contributed by atoms with Crippen LogP contribution in [0.1, 0.15) is 11.3 Å². The molecule has 0 unspecified atom stereocenters. The van der Waals surface area contributed by atoms with Gasteiger partial charge < -0.3 is 19.4 Å². The second-order valence-corrected chi connectivity index (χ2v) is 6.69. The Morgan fingerprint density at radius 1 is 1.18 bits per heavy atom. The van der Waals surface area contributed by atoms with Crippen molar-refractivity contribution in [2.45, 2.75) is 6.54 Å². The molecular formula is C21H21ClN4O2. The first-order valence-corrected chi connectivity index (χ1v) is 9.18. The van der Waals surface area contributed by atoms with Crippen molar-refractivity contribution in [2.24, 2.45) is 0 Å². The molecule has 0 saturated carbocycles. The number of anilines is 2. The van der Waals surface area contributed by atoms with Crippen LogP contribution in [-0.2, 0) is 11.3 Å². The molecule has 0 aliphatic carbocycles. The summed E-state index contributed by atoms with van der Waals surface area (Å²) >= 11 is 5.94. The second-order valence-electron chi connectivity index (χ2n) is 6.26. The fourth-order valence-corrected chi connectivity index (χ4v) is 2.85. The largest absolute Gasteiger partial charge is 0.419 e. The van der Waals surface area contributed by atoms with Crippen LogP contribution in [-0.4, -0.2) is 32.3 Å². The SMILES string of the molecule is COCCNc1oc(-c2ccc(N(C)Cc3ccc(Cl)cc3)cc2)nc1C#N. The zero-order chi connectivity index (χ0) is 19.9. The van der Waals surface area contributed by atoms with Gasteiger partial charge in [0, 0.05) is 43.5 Å². The van der Waals surface area contributed by atoms with Crippen LogP contribution < -0.4 is 10.2 Å². The molecule has 0 aliphatic heterocycles. The number of aromatic nitrogens is 1. The monoisotopic (exact) mass is 396 g/mol. The summed E-state index contributed by atoms with van der Waals surface area (Å²) in [6.45, 7) is 1.81. The van der Waals surface area contributed by atoms with Crippen LogP contribution >= 0.6 is 11.6 Å². The van der Waals surface area contributed by atoms with Crippen LogP contribution in [0.5, 0.6) is 0 Å². The maximum atomic E-state index is 9.25. The zero-order valence-corrected chi connectivity index (χ0v) is 16.5. The Balaban J connectivity index is 1.71. The van der Waals surface area contributed by atoms with Crippen molar-refractivity contribution in [1.82, 2.24) is 4.98 Å². The summed E-state index contributed by atoms with van der Waals surface area (Å²) in [5.41, 5.74) is 3.27. The Kier molecular flexibility index (Phi) is 6.53. The molecule has 0 fully saturated rings. The first-order valence-electron chi connectivity index (χ1n) is 8.80. The van der Waals surface area contributed by atoms with Crippen molar-refractivity contribution in [1.29, 1.82) is 5.26 Å². The van der Waals surface area contributed by atoms with Gasteiger partial charge >= 0.3 is 0 Å². The summed E-state index contributed by atoms with van der Waals surface area (Å²) in [6, 6.07) is 17.7. The summed E-state index contributed by atoms with van der Waals surface area (Å²) < 4.78 is 10.7. The average Bonchev–Trinajstić information content (AvgIpc) is 3.13. The van der Waals surface area contributed by atoms with Gasteiger partial charge in [-0.3, -0.25) is 0 Å². The molecule has 2 aromatic carbocycles. The summed E-state index contributed by atoms with van der Waals surface area (Å²) in [7, 11) is 3.64. The molecule has 3 rings (SSSR count). The topological polar surface area (TPSA) is 74.3 Å². The molecule has 0 saturated heterocycles. The number of ether oxygens (including phenoxy) is 1. The smallest absolute Gasteiger partial charge is 0.232 e. The summed E-state index contributed by atoms with van der Waals surface area (Å²) in [5, 5.41) is 13.0. The molecule has 0 radical (unpaired) electrons. The summed E-state index contributed by atoms with van der Waals surface area (Å²) in [5.74, 6) is 0.766. The van der Waals surface area contributed by atoms with E-state index in [-0.39, 0.29) is 5.69 Å². The third-order valence-corrected chi connectivity index (χ3v) is 4.46. The lowest BCUT2D eigenvalue weighted by molar-refractivity contribution is 0.210. The first kappa shape index (κ1) is 19.7. The second kappa shape index (κ2) is 9.27. The van der Waals surface area contributed by atoms with Crippen molar-refractivity contribution in [2.75, 3.05) is 37.5 Å². The molecule has 6 nitrogen and oxygen atoms in total. The third-order valence-electron chi connectivity index (χ3n) is 4.21. The molecule has 0 spiro atoms. The number of nitrogens with zero attached hydrogens (tertiary/aromatic N) is 3. The number of nitriles is 1. The van der Waals surface area contributed by atoms with Gasteiger partial charge in [-0.1, -0.05) is 23.7 Å². The lowest BCUT2D eigenvalue weighted by Gasteiger charge is -2.19. The number of nitrogens with one attached hydrogen (secondary N) is 1. The number of rotatable bonds is 8. The third kappa shape index (κ3) is 4.83. The normalized spacial score (nSPS) is 10.5. The van der Waals surface area contributed by atoms with Crippen LogP contribution in [0, 0.1) is 11.3 Å². The van der Waals surface area contributed by atoms with Gasteiger partial charge in [0.05, 0.1) is 6.61 Å². The van der Waals surface area contributed by atoms with Crippen LogP contribution in [0.3, 0.4) is 0 Å². The fraction of sp³-hybridized carbons (Fsp3) is 0.238. The molecule has 7 heteroatoms. The van der Waals surface area contributed by atoms with Gasteiger partial charge in [0.15, 0.2) is 0 Å². The Morgan fingerprint density at radius 3 is 2.54 bits per heavy atom. The highest BCUT2D eigenvalue weighted by Gasteiger charge is 2.14. The van der Waals surface area contributed by atoms with Gasteiger partial charge in [-0.05, 0) is 42.0 Å². The molecule has 3 aromatic rings. The predicted octanol–water partition coefficient (Wildman–Crippen LogP) is 4.56. The van der Waals surface area contributed by atoms with E-state index >= 15 is 0 Å². The van der Waals surface area contributed by atoms with Gasteiger partial charge in [0.1, 0.15) is 6.07 Å². The molecule has 144 valence electrons. The Bertz CT molecular complexity index is 946. The van der Waals surface area contributed by atoms with E-state index < -0.39 is 0 Å². The minimum absolute atomic E-state index is 0.232. The van der Waals surface area contributed by atoms with Gasteiger partial charge in [0.25, 0.3) is 0 Å². The Hall–Kier alpha value is -3.01. The number of oxazole rings is 1. The zero-order valence-electron chi connectivity index (χ0n) is 15.8. The molecule has 1 N–H and O–H groups in total. The molecule has 0 amide bonds. The fourth-order valence-electron chi connectivity index (χ4n) is 2.72. The highest BCUT2D eigenvalue weighted by molar-refractivity contribution is 6.30. The molecule has 28 heavy (non-hydrogen) atoms. The van der Waals surface area contributed by atoms with Crippen molar-refractivity contribution in [3.63, 3.8) is 0 Å². The van der Waals surface area contributed by atoms with E-state index in [2.05, 4.69) is 15.2 Å². The predicted molar refractivity (Wildman–Crippen MR) is 111 cm³/mol. The average molecular weight is 397 g/mol. The maximum Gasteiger partial charge on any atom is 0.232 e. The maximum absolute atomic E-state index is 9.25. The van der Waals surface area contributed by atoms with Gasteiger partial charge in [0.2, 0.25) is 17.5 Å². The van der Waals surface area contributed by atoms with Gasteiger partial charge in [-0.25, -0.2) is 0 Å². The van der Waals surface area contributed by atoms with E-state index in [4.69, 9.17) is 20.8 Å². The van der Waals surface area contributed by atoms with Crippen LogP contribution in [0.2, 0.25) is 5.02 Å². The summed E-state index contributed by atoms with van der Waals surface area (Å²) in [6.07, 6.45) is 0. The number of hydrogen-bond acceptors (Lipinski definition) is 6. The van der Waals surface area contributed by atoms with Gasteiger partial charge in [-0.2, -0.15) is 10.2 Å². The Labute approximate surface area is 169 Å². The lowest BCUT2D eigenvalue weighted by atomic mass is 10.1. The van der Waals surface area contributed by atoms with Crippen molar-refractivity contribution in [3.05, 3.63) is 64.8 Å². The Morgan fingerprint density at radius 2 is 1.89 bits per heavy atom. The van der Waals surface area contributed by atoms with E-state index in [9.17, 15) is 5.26 Å². The van der Waals surface area contributed by atoms with Crippen molar-refractivity contribution < 1.29 is 9.15 Å². The molecule has 0 aliphatic rings. The lowest BCUT2D eigenvalue weighted by Crippen LogP contribution is -2.16. The van der Waals surface area contributed by atoms with E-state index in [1.54, 1.807) is 7.11 Å². The number of benzene rings is 2. The quantitative estimate of drug-likeness (QED) is 0.562. The summed E-state index contributed by atoms with van der Waals surface area (Å²) in [4.78, 5) is 6.41. The minimum Gasteiger partial charge on any atom is -0.419 e.